The molecule has 2 heteroatoms. The lowest BCUT2D eigenvalue weighted by Crippen LogP contribution is -2.14. The molecule has 0 spiro atoms. The number of benzene rings is 1. The van der Waals surface area contributed by atoms with E-state index in [1.54, 1.807) is 7.11 Å². The summed E-state index contributed by atoms with van der Waals surface area (Å²) in [6.45, 7) is 8.55. The van der Waals surface area contributed by atoms with E-state index in [-0.39, 0.29) is 0 Å². The van der Waals surface area contributed by atoms with Crippen LogP contribution in [0.4, 0.5) is 0 Å². The number of methoxy groups -OCH3 is 1. The molecule has 0 heterocycles. The first-order valence-corrected chi connectivity index (χ1v) is 6.71. The van der Waals surface area contributed by atoms with Gasteiger partial charge in [-0.3, -0.25) is 0 Å². The van der Waals surface area contributed by atoms with Gasteiger partial charge in [0.2, 0.25) is 0 Å². The number of hydrogen-bond acceptors (Lipinski definition) is 2. The van der Waals surface area contributed by atoms with Crippen molar-refractivity contribution in [3.05, 3.63) is 34.9 Å². The maximum absolute atomic E-state index is 5.44. The Hall–Kier alpha value is -1.28. The Bertz CT molecular complexity index is 396. The van der Waals surface area contributed by atoms with Gasteiger partial charge in [-0.2, -0.15) is 0 Å². The van der Waals surface area contributed by atoms with Gasteiger partial charge in [-0.1, -0.05) is 25.1 Å². The summed E-state index contributed by atoms with van der Waals surface area (Å²) in [5.74, 6) is 0.963. The van der Waals surface area contributed by atoms with Crippen LogP contribution in [0.5, 0.6) is 5.75 Å². The van der Waals surface area contributed by atoms with Crippen molar-refractivity contribution in [3.8, 4) is 5.75 Å². The predicted molar refractivity (Wildman–Crippen MR) is 79.3 cm³/mol. The van der Waals surface area contributed by atoms with Gasteiger partial charge in [0.25, 0.3) is 0 Å². The van der Waals surface area contributed by atoms with E-state index in [1.165, 1.54) is 23.1 Å². The summed E-state index contributed by atoms with van der Waals surface area (Å²) in [6, 6.07) is 4.28. The molecule has 1 aromatic rings. The third kappa shape index (κ3) is 4.53. The molecule has 0 radical (unpaired) electrons. The first-order chi connectivity index (χ1) is 8.69. The SMILES string of the molecule is CCCNCC/C=C/c1c(C)cc(C)cc1OC. The quantitative estimate of drug-likeness (QED) is 0.742. The second kappa shape index (κ2) is 7.93. The zero-order chi connectivity index (χ0) is 13.4. The highest BCUT2D eigenvalue weighted by molar-refractivity contribution is 5.62. The second-order valence-corrected chi connectivity index (χ2v) is 4.64. The van der Waals surface area contributed by atoms with Crippen molar-refractivity contribution < 1.29 is 4.74 Å². The maximum Gasteiger partial charge on any atom is 0.126 e. The van der Waals surface area contributed by atoms with Crippen LogP contribution in [-0.2, 0) is 0 Å². The Morgan fingerprint density at radius 2 is 2.00 bits per heavy atom. The zero-order valence-corrected chi connectivity index (χ0v) is 12.0. The van der Waals surface area contributed by atoms with Gasteiger partial charge in [-0.15, -0.1) is 0 Å². The fourth-order valence-corrected chi connectivity index (χ4v) is 2.01. The first kappa shape index (κ1) is 14.8. The monoisotopic (exact) mass is 247 g/mol. The van der Waals surface area contributed by atoms with E-state index in [2.05, 4.69) is 50.4 Å². The predicted octanol–water partition coefficient (Wildman–Crippen LogP) is 3.71. The Morgan fingerprint density at radius 1 is 1.22 bits per heavy atom. The largest absolute Gasteiger partial charge is 0.496 e. The van der Waals surface area contributed by atoms with Gasteiger partial charge in [-0.25, -0.2) is 0 Å². The Balaban J connectivity index is 2.63. The first-order valence-electron chi connectivity index (χ1n) is 6.71. The van der Waals surface area contributed by atoms with Crippen molar-refractivity contribution in [1.29, 1.82) is 0 Å². The van der Waals surface area contributed by atoms with Crippen molar-refractivity contribution in [2.75, 3.05) is 20.2 Å². The third-order valence-electron chi connectivity index (χ3n) is 2.91. The van der Waals surface area contributed by atoms with E-state index < -0.39 is 0 Å². The molecular formula is C16H25NO. The zero-order valence-electron chi connectivity index (χ0n) is 12.0. The number of aryl methyl sites for hydroxylation is 2. The van der Waals surface area contributed by atoms with Crippen LogP contribution in [0.3, 0.4) is 0 Å². The molecule has 0 aliphatic rings. The van der Waals surface area contributed by atoms with Gasteiger partial charge in [0.05, 0.1) is 7.11 Å². The van der Waals surface area contributed by atoms with Gasteiger partial charge in [0.1, 0.15) is 5.75 Å². The number of ether oxygens (including phenoxy) is 1. The van der Waals surface area contributed by atoms with Crippen molar-refractivity contribution in [2.24, 2.45) is 0 Å². The summed E-state index contributed by atoms with van der Waals surface area (Å²) in [7, 11) is 1.73. The summed E-state index contributed by atoms with van der Waals surface area (Å²) in [5, 5.41) is 3.39. The number of nitrogens with one attached hydrogen (secondary N) is 1. The van der Waals surface area contributed by atoms with E-state index in [0.29, 0.717) is 0 Å². The molecule has 0 aliphatic carbocycles. The standard InChI is InChI=1S/C16H25NO/c1-5-9-17-10-7-6-8-15-14(3)11-13(2)12-16(15)18-4/h6,8,11-12,17H,5,7,9-10H2,1-4H3/b8-6+. The molecule has 0 fully saturated rings. The smallest absolute Gasteiger partial charge is 0.126 e. The Morgan fingerprint density at radius 3 is 2.67 bits per heavy atom. The molecule has 1 N–H and O–H groups in total. The molecule has 1 aromatic carbocycles. The summed E-state index contributed by atoms with van der Waals surface area (Å²) < 4.78 is 5.44. The third-order valence-corrected chi connectivity index (χ3v) is 2.91. The molecule has 0 aromatic heterocycles. The van der Waals surface area contributed by atoms with Crippen LogP contribution in [-0.4, -0.2) is 20.2 Å². The van der Waals surface area contributed by atoms with Crippen molar-refractivity contribution in [2.45, 2.75) is 33.6 Å². The highest BCUT2D eigenvalue weighted by Gasteiger charge is 2.03. The summed E-state index contributed by atoms with van der Waals surface area (Å²) in [6.07, 6.45) is 6.62. The van der Waals surface area contributed by atoms with Crippen molar-refractivity contribution in [1.82, 2.24) is 5.32 Å². The lowest BCUT2D eigenvalue weighted by molar-refractivity contribution is 0.413. The number of rotatable bonds is 7. The van der Waals surface area contributed by atoms with Gasteiger partial charge in [0, 0.05) is 5.56 Å². The van der Waals surface area contributed by atoms with Crippen molar-refractivity contribution >= 4 is 6.08 Å². The molecule has 1 rings (SSSR count). The molecule has 0 unspecified atom stereocenters. The minimum Gasteiger partial charge on any atom is -0.496 e. The van der Waals surface area contributed by atoms with Gasteiger partial charge in [0.15, 0.2) is 0 Å². The van der Waals surface area contributed by atoms with E-state index in [4.69, 9.17) is 4.74 Å². The fraction of sp³-hybridized carbons (Fsp3) is 0.500. The van der Waals surface area contributed by atoms with Gasteiger partial charge >= 0.3 is 0 Å². The highest BCUT2D eigenvalue weighted by Crippen LogP contribution is 2.25. The second-order valence-electron chi connectivity index (χ2n) is 4.64. The summed E-state index contributed by atoms with van der Waals surface area (Å²) in [4.78, 5) is 0. The van der Waals surface area contributed by atoms with Crippen LogP contribution < -0.4 is 10.1 Å². The van der Waals surface area contributed by atoms with Gasteiger partial charge < -0.3 is 10.1 Å². The van der Waals surface area contributed by atoms with Crippen molar-refractivity contribution in [3.63, 3.8) is 0 Å². The van der Waals surface area contributed by atoms with Crippen LogP contribution in [0.2, 0.25) is 0 Å². The van der Waals surface area contributed by atoms with Crippen LogP contribution in [0, 0.1) is 13.8 Å². The van der Waals surface area contributed by atoms with Crippen LogP contribution in [0.1, 0.15) is 36.5 Å². The molecule has 0 bridgehead atoms. The van der Waals surface area contributed by atoms with E-state index >= 15 is 0 Å². The molecule has 100 valence electrons. The van der Waals surface area contributed by atoms with E-state index in [9.17, 15) is 0 Å². The van der Waals surface area contributed by atoms with E-state index in [1.807, 2.05) is 0 Å². The molecule has 0 saturated carbocycles. The minimum absolute atomic E-state index is 0.963. The molecule has 0 saturated heterocycles. The molecule has 18 heavy (non-hydrogen) atoms. The molecule has 2 nitrogen and oxygen atoms in total. The fourth-order valence-electron chi connectivity index (χ4n) is 2.01. The molecule has 0 atom stereocenters. The lowest BCUT2D eigenvalue weighted by atomic mass is 10.0. The Kier molecular flexibility index (Phi) is 6.51. The highest BCUT2D eigenvalue weighted by atomic mass is 16.5. The minimum atomic E-state index is 0.963. The van der Waals surface area contributed by atoms with Crippen LogP contribution in [0.15, 0.2) is 18.2 Å². The normalized spacial score (nSPS) is 11.1. The van der Waals surface area contributed by atoms with E-state index in [0.717, 1.165) is 25.3 Å². The average Bonchev–Trinajstić information content (AvgIpc) is 2.35. The van der Waals surface area contributed by atoms with Crippen LogP contribution in [0.25, 0.3) is 6.08 Å². The summed E-state index contributed by atoms with van der Waals surface area (Å²) in [5.41, 5.74) is 3.70. The molecular weight excluding hydrogens is 222 g/mol. The van der Waals surface area contributed by atoms with Crippen LogP contribution >= 0.6 is 0 Å². The Labute approximate surface area is 111 Å². The lowest BCUT2D eigenvalue weighted by Gasteiger charge is -2.09. The molecule has 0 amide bonds. The topological polar surface area (TPSA) is 21.3 Å². The summed E-state index contributed by atoms with van der Waals surface area (Å²) >= 11 is 0. The maximum atomic E-state index is 5.44. The average molecular weight is 247 g/mol. The number of hydrogen-bond donors (Lipinski definition) is 1. The molecule has 0 aliphatic heterocycles. The van der Waals surface area contributed by atoms with Gasteiger partial charge in [-0.05, 0) is 57.0 Å².